The molecule has 2 heterocycles. The molecule has 1 aliphatic rings. The van der Waals surface area contributed by atoms with Crippen LogP contribution in [-0.2, 0) is 7.05 Å². The van der Waals surface area contributed by atoms with E-state index in [-0.39, 0.29) is 23.3 Å². The van der Waals surface area contributed by atoms with Crippen LogP contribution in [0.4, 0.5) is 0 Å². The van der Waals surface area contributed by atoms with Gasteiger partial charge in [0.25, 0.3) is 11.5 Å². The van der Waals surface area contributed by atoms with Crippen LogP contribution in [0.2, 0.25) is 0 Å². The minimum Gasteiger partial charge on any atom is -0.337 e. The fourth-order valence-corrected chi connectivity index (χ4v) is 3.24. The molecule has 126 valence electrons. The molecule has 1 aromatic heterocycles. The number of carbonyl (C=O) groups excluding carboxylic acids is 1. The third kappa shape index (κ3) is 2.78. The lowest BCUT2D eigenvalue weighted by Crippen LogP contribution is -2.40. The first-order valence-corrected chi connectivity index (χ1v) is 7.86. The number of nitrogens with two attached hydrogens (primary N) is 1. The Bertz CT molecular complexity index is 856. The zero-order valence-electron chi connectivity index (χ0n) is 13.4. The molecule has 3 N–H and O–H groups in total. The minimum absolute atomic E-state index is 0.0263. The standard InChI is InChI=1S/C17H20N4O3/c1-20-15(22)13(8-19-17(20)24)16(23)21-9-12(7-18)14(10-21)11-5-3-2-4-6-11/h2-6,8,12,14H,7,9-10,18H2,1H3,(H,19,24)/t12-,14+/m1/s1. The maximum absolute atomic E-state index is 12.7. The van der Waals surface area contributed by atoms with Crippen LogP contribution in [0.25, 0.3) is 0 Å². The molecule has 2 aromatic rings. The number of aromatic nitrogens is 2. The van der Waals surface area contributed by atoms with E-state index >= 15 is 0 Å². The second kappa shape index (κ2) is 6.45. The summed E-state index contributed by atoms with van der Waals surface area (Å²) in [6.07, 6.45) is 1.19. The lowest BCUT2D eigenvalue weighted by Gasteiger charge is -2.16. The monoisotopic (exact) mass is 328 g/mol. The van der Waals surface area contributed by atoms with Crippen molar-refractivity contribution < 1.29 is 4.79 Å². The van der Waals surface area contributed by atoms with Gasteiger partial charge in [0.2, 0.25) is 0 Å². The normalized spacial score (nSPS) is 20.3. The van der Waals surface area contributed by atoms with Gasteiger partial charge in [-0.15, -0.1) is 0 Å². The van der Waals surface area contributed by atoms with Crippen LogP contribution >= 0.6 is 0 Å². The molecule has 1 amide bonds. The van der Waals surface area contributed by atoms with E-state index < -0.39 is 11.2 Å². The van der Waals surface area contributed by atoms with Crippen LogP contribution in [0.3, 0.4) is 0 Å². The Morgan fingerprint density at radius 3 is 2.62 bits per heavy atom. The summed E-state index contributed by atoms with van der Waals surface area (Å²) >= 11 is 0. The van der Waals surface area contributed by atoms with Crippen LogP contribution < -0.4 is 17.0 Å². The Hall–Kier alpha value is -2.67. The molecule has 3 rings (SSSR count). The topological polar surface area (TPSA) is 101 Å². The second-order valence-electron chi connectivity index (χ2n) is 6.09. The predicted octanol–water partition coefficient (Wildman–Crippen LogP) is -0.112. The van der Waals surface area contributed by atoms with Crippen LogP contribution in [0.15, 0.2) is 46.1 Å². The van der Waals surface area contributed by atoms with Gasteiger partial charge in [-0.05, 0) is 18.0 Å². The number of amides is 1. The van der Waals surface area contributed by atoms with Gasteiger partial charge in [-0.25, -0.2) is 4.79 Å². The lowest BCUT2D eigenvalue weighted by atomic mass is 9.89. The Labute approximate surface area is 138 Å². The molecule has 2 atom stereocenters. The zero-order valence-corrected chi connectivity index (χ0v) is 13.4. The lowest BCUT2D eigenvalue weighted by molar-refractivity contribution is 0.0783. The van der Waals surface area contributed by atoms with Crippen LogP contribution in [0.5, 0.6) is 0 Å². The maximum atomic E-state index is 12.7. The smallest absolute Gasteiger partial charge is 0.328 e. The number of aromatic amines is 1. The van der Waals surface area contributed by atoms with Gasteiger partial charge in [-0.2, -0.15) is 0 Å². The number of H-pyrrole nitrogens is 1. The third-order valence-corrected chi connectivity index (χ3v) is 4.67. The van der Waals surface area contributed by atoms with E-state index in [9.17, 15) is 14.4 Å². The van der Waals surface area contributed by atoms with E-state index in [1.54, 1.807) is 4.90 Å². The zero-order chi connectivity index (χ0) is 17.3. The molecule has 0 bridgehead atoms. The van der Waals surface area contributed by atoms with Crippen molar-refractivity contribution >= 4 is 5.91 Å². The van der Waals surface area contributed by atoms with E-state index in [0.29, 0.717) is 19.6 Å². The second-order valence-corrected chi connectivity index (χ2v) is 6.09. The quantitative estimate of drug-likeness (QED) is 0.821. The Kier molecular flexibility index (Phi) is 4.35. The molecule has 1 saturated heterocycles. The maximum Gasteiger partial charge on any atom is 0.328 e. The van der Waals surface area contributed by atoms with Gasteiger partial charge < -0.3 is 15.6 Å². The van der Waals surface area contributed by atoms with Gasteiger partial charge in [0.05, 0.1) is 0 Å². The molecular formula is C17H20N4O3. The highest BCUT2D eigenvalue weighted by atomic mass is 16.2. The number of likely N-dealkylation sites (tertiary alicyclic amines) is 1. The predicted molar refractivity (Wildman–Crippen MR) is 89.9 cm³/mol. The summed E-state index contributed by atoms with van der Waals surface area (Å²) in [4.78, 5) is 40.4. The Balaban J connectivity index is 1.89. The molecule has 7 heteroatoms. The van der Waals surface area contributed by atoms with Crippen LogP contribution in [0, 0.1) is 5.92 Å². The van der Waals surface area contributed by atoms with E-state index in [2.05, 4.69) is 4.98 Å². The van der Waals surface area contributed by atoms with Crippen molar-refractivity contribution in [1.82, 2.24) is 14.5 Å². The van der Waals surface area contributed by atoms with Gasteiger partial charge in [-0.1, -0.05) is 30.3 Å². The fourth-order valence-electron chi connectivity index (χ4n) is 3.24. The van der Waals surface area contributed by atoms with Crippen molar-refractivity contribution in [2.24, 2.45) is 18.7 Å². The van der Waals surface area contributed by atoms with E-state index in [4.69, 9.17) is 5.73 Å². The molecule has 0 radical (unpaired) electrons. The van der Waals surface area contributed by atoms with Crippen molar-refractivity contribution in [1.29, 1.82) is 0 Å². The summed E-state index contributed by atoms with van der Waals surface area (Å²) in [5.74, 6) is -0.0848. The summed E-state index contributed by atoms with van der Waals surface area (Å²) < 4.78 is 0.901. The first-order chi connectivity index (χ1) is 11.5. The van der Waals surface area contributed by atoms with Crippen molar-refractivity contribution in [3.63, 3.8) is 0 Å². The first kappa shape index (κ1) is 16.2. The van der Waals surface area contributed by atoms with Crippen LogP contribution in [0.1, 0.15) is 21.8 Å². The summed E-state index contributed by atoms with van der Waals surface area (Å²) in [5, 5.41) is 0. The van der Waals surface area contributed by atoms with Gasteiger partial charge in [0, 0.05) is 32.3 Å². The summed E-state index contributed by atoms with van der Waals surface area (Å²) in [6.45, 7) is 1.47. The van der Waals surface area contributed by atoms with Crippen molar-refractivity contribution in [3.8, 4) is 0 Å². The van der Waals surface area contributed by atoms with E-state index in [1.165, 1.54) is 13.2 Å². The van der Waals surface area contributed by atoms with E-state index in [0.717, 1.165) is 10.1 Å². The average Bonchev–Trinajstić information content (AvgIpc) is 3.04. The molecule has 24 heavy (non-hydrogen) atoms. The highest BCUT2D eigenvalue weighted by Gasteiger charge is 2.36. The SMILES string of the molecule is Cn1c(=O)[nH]cc(C(=O)N2C[C@@H](CN)[C@H](c3ccccc3)C2)c1=O. The molecule has 1 fully saturated rings. The van der Waals surface area contributed by atoms with Crippen molar-refractivity contribution in [2.45, 2.75) is 5.92 Å². The highest BCUT2D eigenvalue weighted by Crippen LogP contribution is 2.32. The Morgan fingerprint density at radius 1 is 1.25 bits per heavy atom. The number of carbonyl (C=O) groups is 1. The van der Waals surface area contributed by atoms with E-state index in [1.807, 2.05) is 30.3 Å². The van der Waals surface area contributed by atoms with Gasteiger partial charge in [0.15, 0.2) is 0 Å². The third-order valence-electron chi connectivity index (χ3n) is 4.67. The van der Waals surface area contributed by atoms with Gasteiger partial charge >= 0.3 is 5.69 Å². The molecule has 1 aliphatic heterocycles. The Morgan fingerprint density at radius 2 is 1.96 bits per heavy atom. The number of nitrogens with zero attached hydrogens (tertiary/aromatic N) is 2. The summed E-state index contributed by atoms with van der Waals surface area (Å²) in [7, 11) is 1.34. The molecule has 0 aliphatic carbocycles. The molecule has 7 nitrogen and oxygen atoms in total. The number of rotatable bonds is 3. The molecule has 0 unspecified atom stereocenters. The largest absolute Gasteiger partial charge is 0.337 e. The van der Waals surface area contributed by atoms with Crippen molar-refractivity contribution in [2.75, 3.05) is 19.6 Å². The molecule has 0 spiro atoms. The summed E-state index contributed by atoms with van der Waals surface area (Å²) in [6, 6.07) is 9.93. The summed E-state index contributed by atoms with van der Waals surface area (Å²) in [5.41, 5.74) is 5.87. The number of nitrogens with one attached hydrogen (secondary N) is 1. The minimum atomic E-state index is -0.587. The number of hydrogen-bond donors (Lipinski definition) is 2. The van der Waals surface area contributed by atoms with Gasteiger partial charge in [0.1, 0.15) is 5.56 Å². The molecule has 1 aromatic carbocycles. The highest BCUT2D eigenvalue weighted by molar-refractivity contribution is 5.93. The average molecular weight is 328 g/mol. The fraction of sp³-hybridized carbons (Fsp3) is 0.353. The molecular weight excluding hydrogens is 308 g/mol. The van der Waals surface area contributed by atoms with Crippen molar-refractivity contribution in [3.05, 3.63) is 68.5 Å². The van der Waals surface area contributed by atoms with Crippen LogP contribution in [-0.4, -0.2) is 40.0 Å². The van der Waals surface area contributed by atoms with Gasteiger partial charge in [-0.3, -0.25) is 14.2 Å². The molecule has 0 saturated carbocycles. The first-order valence-electron chi connectivity index (χ1n) is 7.86. The number of hydrogen-bond acceptors (Lipinski definition) is 4. The number of benzene rings is 1.